The lowest BCUT2D eigenvalue weighted by Gasteiger charge is -2.34. The van der Waals surface area contributed by atoms with E-state index in [0.717, 1.165) is 25.1 Å². The maximum absolute atomic E-state index is 13.5. The standard InChI is InChI=1S/C23H25ClN2O3S/c1-15-8-10-18(11-9-15)30(27,28)22-23(26-13-16(2)12-17(3)14-26)29-21(25-22)19-6-4-5-7-20(19)24/h4-11,16-17H,12-14H2,1-3H3. The molecule has 0 N–H and O–H groups in total. The molecule has 3 aromatic rings. The van der Waals surface area contributed by atoms with Crippen molar-refractivity contribution in [3.8, 4) is 11.5 Å². The molecule has 0 bridgehead atoms. The Hall–Kier alpha value is -2.31. The fraction of sp³-hybridized carbons (Fsp3) is 0.348. The molecule has 0 aliphatic carbocycles. The maximum Gasteiger partial charge on any atom is 0.236 e. The number of hydrogen-bond acceptors (Lipinski definition) is 5. The molecule has 2 atom stereocenters. The van der Waals surface area contributed by atoms with Gasteiger partial charge in [0, 0.05) is 13.1 Å². The van der Waals surface area contributed by atoms with Gasteiger partial charge in [-0.1, -0.05) is 55.3 Å². The number of sulfone groups is 1. The third kappa shape index (κ3) is 3.98. The van der Waals surface area contributed by atoms with Crippen LogP contribution in [0.25, 0.3) is 11.5 Å². The third-order valence-corrected chi connectivity index (χ3v) is 7.42. The molecule has 0 saturated carbocycles. The molecule has 5 nitrogen and oxygen atoms in total. The van der Waals surface area contributed by atoms with E-state index in [1.807, 2.05) is 24.0 Å². The lowest BCUT2D eigenvalue weighted by Crippen LogP contribution is -2.39. The molecule has 7 heteroatoms. The molecular formula is C23H25ClN2O3S. The van der Waals surface area contributed by atoms with Gasteiger partial charge in [-0.25, -0.2) is 8.42 Å². The SMILES string of the molecule is Cc1ccc(S(=O)(=O)c2nc(-c3ccccc3Cl)oc2N2CC(C)CC(C)C2)cc1. The summed E-state index contributed by atoms with van der Waals surface area (Å²) in [5, 5.41) is 0.410. The van der Waals surface area contributed by atoms with Gasteiger partial charge in [-0.05, 0) is 49.4 Å². The first-order valence-electron chi connectivity index (χ1n) is 10.1. The van der Waals surface area contributed by atoms with Crippen LogP contribution in [0.2, 0.25) is 5.02 Å². The molecule has 30 heavy (non-hydrogen) atoms. The van der Waals surface area contributed by atoms with E-state index in [-0.39, 0.29) is 15.8 Å². The minimum atomic E-state index is -3.86. The second-order valence-electron chi connectivity index (χ2n) is 8.28. The third-order valence-electron chi connectivity index (χ3n) is 5.43. The summed E-state index contributed by atoms with van der Waals surface area (Å²) in [5.74, 6) is 1.37. The van der Waals surface area contributed by atoms with Crippen molar-refractivity contribution < 1.29 is 12.8 Å². The van der Waals surface area contributed by atoms with E-state index in [2.05, 4.69) is 18.8 Å². The first-order chi connectivity index (χ1) is 14.3. The van der Waals surface area contributed by atoms with Crippen LogP contribution in [0.4, 0.5) is 5.88 Å². The zero-order valence-corrected chi connectivity index (χ0v) is 18.9. The van der Waals surface area contributed by atoms with E-state index < -0.39 is 9.84 Å². The van der Waals surface area contributed by atoms with Gasteiger partial charge in [0.1, 0.15) is 0 Å². The van der Waals surface area contributed by atoms with Gasteiger partial charge in [0.2, 0.25) is 26.6 Å². The summed E-state index contributed by atoms with van der Waals surface area (Å²) in [6.45, 7) is 7.70. The Labute approximate surface area is 182 Å². The Morgan fingerprint density at radius 2 is 1.67 bits per heavy atom. The summed E-state index contributed by atoms with van der Waals surface area (Å²) in [6.07, 6.45) is 1.10. The highest BCUT2D eigenvalue weighted by atomic mass is 35.5. The fourth-order valence-corrected chi connectivity index (χ4v) is 5.62. The highest BCUT2D eigenvalue weighted by Gasteiger charge is 2.34. The highest BCUT2D eigenvalue weighted by Crippen LogP contribution is 2.38. The zero-order chi connectivity index (χ0) is 21.5. The average molecular weight is 445 g/mol. The van der Waals surface area contributed by atoms with Crippen molar-refractivity contribution in [3.63, 3.8) is 0 Å². The van der Waals surface area contributed by atoms with Crippen LogP contribution in [-0.4, -0.2) is 26.5 Å². The summed E-state index contributed by atoms with van der Waals surface area (Å²) in [4.78, 5) is 6.66. The number of anilines is 1. The van der Waals surface area contributed by atoms with Crippen molar-refractivity contribution in [1.29, 1.82) is 0 Å². The van der Waals surface area contributed by atoms with Crippen molar-refractivity contribution >= 4 is 27.3 Å². The van der Waals surface area contributed by atoms with Crippen LogP contribution in [0.1, 0.15) is 25.8 Å². The number of nitrogens with zero attached hydrogens (tertiary/aromatic N) is 2. The lowest BCUT2D eigenvalue weighted by molar-refractivity contribution is 0.342. The first kappa shape index (κ1) is 20.9. The maximum atomic E-state index is 13.5. The van der Waals surface area contributed by atoms with Gasteiger partial charge in [0.05, 0.1) is 15.5 Å². The van der Waals surface area contributed by atoms with Gasteiger partial charge >= 0.3 is 0 Å². The van der Waals surface area contributed by atoms with Crippen LogP contribution < -0.4 is 4.90 Å². The normalized spacial score (nSPS) is 19.8. The number of benzene rings is 2. The zero-order valence-electron chi connectivity index (χ0n) is 17.3. The Morgan fingerprint density at radius 1 is 1.03 bits per heavy atom. The Kier molecular flexibility index (Phi) is 5.64. The van der Waals surface area contributed by atoms with Gasteiger partial charge in [-0.15, -0.1) is 0 Å². The van der Waals surface area contributed by atoms with Crippen LogP contribution in [0.3, 0.4) is 0 Å². The molecular weight excluding hydrogens is 420 g/mol. The summed E-state index contributed by atoms with van der Waals surface area (Å²) in [7, 11) is -3.86. The molecule has 1 aliphatic rings. The molecule has 2 unspecified atom stereocenters. The minimum Gasteiger partial charge on any atom is -0.419 e. The largest absolute Gasteiger partial charge is 0.419 e. The van der Waals surface area contributed by atoms with Gasteiger partial charge in [-0.3, -0.25) is 0 Å². The van der Waals surface area contributed by atoms with Crippen molar-refractivity contribution in [1.82, 2.24) is 4.98 Å². The van der Waals surface area contributed by atoms with Gasteiger partial charge in [0.25, 0.3) is 0 Å². The van der Waals surface area contributed by atoms with Crippen LogP contribution >= 0.6 is 11.6 Å². The number of halogens is 1. The van der Waals surface area contributed by atoms with Crippen LogP contribution in [-0.2, 0) is 9.84 Å². The van der Waals surface area contributed by atoms with E-state index in [9.17, 15) is 8.42 Å². The topological polar surface area (TPSA) is 63.4 Å². The quantitative estimate of drug-likeness (QED) is 0.522. The van der Waals surface area contributed by atoms with Crippen molar-refractivity contribution in [3.05, 3.63) is 59.1 Å². The Morgan fingerprint density at radius 3 is 2.30 bits per heavy atom. The van der Waals surface area contributed by atoms with E-state index in [1.54, 1.807) is 36.4 Å². The van der Waals surface area contributed by atoms with Crippen LogP contribution in [0, 0.1) is 18.8 Å². The smallest absolute Gasteiger partial charge is 0.236 e. The molecule has 0 radical (unpaired) electrons. The average Bonchev–Trinajstić information content (AvgIpc) is 3.14. The van der Waals surface area contributed by atoms with Crippen LogP contribution in [0.5, 0.6) is 0 Å². The molecule has 1 aliphatic heterocycles. The van der Waals surface area contributed by atoms with Crippen molar-refractivity contribution in [2.45, 2.75) is 37.1 Å². The summed E-state index contributed by atoms with van der Waals surface area (Å²) in [6, 6.07) is 13.9. The number of oxazole rings is 1. The molecule has 0 amide bonds. The van der Waals surface area contributed by atoms with Crippen molar-refractivity contribution in [2.24, 2.45) is 11.8 Å². The van der Waals surface area contributed by atoms with E-state index in [1.165, 1.54) is 0 Å². The van der Waals surface area contributed by atoms with Crippen molar-refractivity contribution in [2.75, 3.05) is 18.0 Å². The molecule has 0 spiro atoms. The lowest BCUT2D eigenvalue weighted by atomic mass is 9.92. The van der Waals surface area contributed by atoms with Gasteiger partial charge < -0.3 is 9.32 Å². The molecule has 1 fully saturated rings. The summed E-state index contributed by atoms with van der Waals surface area (Å²) < 4.78 is 33.1. The van der Waals surface area contributed by atoms with Crippen LogP contribution in [0.15, 0.2) is 62.9 Å². The number of aryl methyl sites for hydroxylation is 1. The number of hydrogen-bond donors (Lipinski definition) is 0. The van der Waals surface area contributed by atoms with Gasteiger partial charge in [0.15, 0.2) is 0 Å². The molecule has 158 valence electrons. The molecule has 4 rings (SSSR count). The number of aromatic nitrogens is 1. The predicted molar refractivity (Wildman–Crippen MR) is 119 cm³/mol. The van der Waals surface area contributed by atoms with E-state index in [0.29, 0.717) is 28.3 Å². The number of rotatable bonds is 4. The highest BCUT2D eigenvalue weighted by molar-refractivity contribution is 7.91. The minimum absolute atomic E-state index is 0.0532. The predicted octanol–water partition coefficient (Wildman–Crippen LogP) is 5.62. The molecule has 1 saturated heterocycles. The number of piperidine rings is 1. The second-order valence-corrected chi connectivity index (χ2v) is 10.5. The summed E-state index contributed by atoms with van der Waals surface area (Å²) in [5.41, 5.74) is 1.56. The Balaban J connectivity index is 1.87. The molecule has 1 aromatic heterocycles. The molecule has 2 heterocycles. The second kappa shape index (κ2) is 8.08. The Bertz CT molecular complexity index is 1150. The van der Waals surface area contributed by atoms with E-state index >= 15 is 0 Å². The fourth-order valence-electron chi connectivity index (χ4n) is 4.08. The monoisotopic (exact) mass is 444 g/mol. The van der Waals surface area contributed by atoms with Gasteiger partial charge in [-0.2, -0.15) is 4.98 Å². The summed E-state index contributed by atoms with van der Waals surface area (Å²) >= 11 is 6.34. The molecule has 2 aromatic carbocycles. The van der Waals surface area contributed by atoms with E-state index in [4.69, 9.17) is 16.0 Å². The first-order valence-corrected chi connectivity index (χ1v) is 11.9.